The summed E-state index contributed by atoms with van der Waals surface area (Å²) in [4.78, 5) is 24.5. The molecular formula is C13H11N3O4. The Hall–Kier alpha value is -2.96. The number of nitrogens with one attached hydrogen (secondary N) is 1. The summed E-state index contributed by atoms with van der Waals surface area (Å²) < 4.78 is 0. The summed E-state index contributed by atoms with van der Waals surface area (Å²) in [6.45, 7) is 0.449. The largest absolute Gasteiger partial charge is 0.477 e. The second-order valence-corrected chi connectivity index (χ2v) is 4.01. The summed E-state index contributed by atoms with van der Waals surface area (Å²) in [5.74, 6) is -1.07. The summed E-state index contributed by atoms with van der Waals surface area (Å²) in [5, 5.41) is 22.3. The van der Waals surface area contributed by atoms with E-state index < -0.39 is 10.9 Å². The molecule has 7 nitrogen and oxygen atoms in total. The van der Waals surface area contributed by atoms with Crippen molar-refractivity contribution < 1.29 is 14.8 Å². The average molecular weight is 273 g/mol. The number of nitro groups is 1. The van der Waals surface area contributed by atoms with Gasteiger partial charge in [0.05, 0.1) is 4.92 Å². The normalized spacial score (nSPS) is 10.0. The molecular weight excluding hydrogens is 262 g/mol. The first kappa shape index (κ1) is 13.5. The molecule has 0 saturated carbocycles. The molecule has 0 saturated heterocycles. The van der Waals surface area contributed by atoms with E-state index in [1.54, 1.807) is 18.2 Å². The van der Waals surface area contributed by atoms with Gasteiger partial charge in [-0.3, -0.25) is 10.1 Å². The van der Waals surface area contributed by atoms with Crippen molar-refractivity contribution in [2.45, 2.75) is 6.54 Å². The van der Waals surface area contributed by atoms with Crippen LogP contribution in [0.15, 0.2) is 42.6 Å². The van der Waals surface area contributed by atoms with Crippen molar-refractivity contribution in [2.75, 3.05) is 5.32 Å². The zero-order valence-electron chi connectivity index (χ0n) is 10.3. The smallest absolute Gasteiger partial charge is 0.354 e. The van der Waals surface area contributed by atoms with Gasteiger partial charge in [-0.1, -0.05) is 6.07 Å². The highest BCUT2D eigenvalue weighted by Crippen LogP contribution is 2.16. The van der Waals surface area contributed by atoms with Crippen molar-refractivity contribution in [3.05, 3.63) is 64.0 Å². The standard InChI is InChI=1S/C13H11N3O4/c17-13(18)12-6-1-9(8-15-12)7-14-10-2-4-11(5-3-10)16(19)20/h1-6,8,14H,7H2,(H,17,18). The number of benzene rings is 1. The molecule has 0 aliphatic rings. The number of hydrogen-bond acceptors (Lipinski definition) is 5. The number of anilines is 1. The van der Waals surface area contributed by atoms with Gasteiger partial charge in [-0.2, -0.15) is 0 Å². The van der Waals surface area contributed by atoms with Gasteiger partial charge < -0.3 is 10.4 Å². The Morgan fingerprint density at radius 3 is 2.45 bits per heavy atom. The van der Waals surface area contributed by atoms with E-state index >= 15 is 0 Å². The lowest BCUT2D eigenvalue weighted by Gasteiger charge is -2.06. The number of non-ortho nitro benzene ring substituents is 1. The molecule has 0 aliphatic heterocycles. The number of nitro benzene ring substituents is 1. The molecule has 0 unspecified atom stereocenters. The predicted octanol–water partition coefficient (Wildman–Crippen LogP) is 2.30. The van der Waals surface area contributed by atoms with Gasteiger partial charge >= 0.3 is 5.97 Å². The number of nitrogens with zero attached hydrogens (tertiary/aromatic N) is 2. The Kier molecular flexibility index (Phi) is 3.90. The topological polar surface area (TPSA) is 105 Å². The number of hydrogen-bond donors (Lipinski definition) is 2. The maximum absolute atomic E-state index is 10.6. The van der Waals surface area contributed by atoms with Crippen LogP contribution in [-0.4, -0.2) is 21.0 Å². The first-order valence-corrected chi connectivity index (χ1v) is 5.73. The first-order chi connectivity index (χ1) is 9.56. The Balaban J connectivity index is 1.97. The fourth-order valence-electron chi connectivity index (χ4n) is 1.56. The Bertz CT molecular complexity index is 566. The van der Waals surface area contributed by atoms with Crippen LogP contribution in [0.1, 0.15) is 16.1 Å². The fraction of sp³-hybridized carbons (Fsp3) is 0.0769. The molecule has 102 valence electrons. The molecule has 0 amide bonds. The van der Waals surface area contributed by atoms with Crippen LogP contribution >= 0.6 is 0 Å². The zero-order valence-corrected chi connectivity index (χ0v) is 10.3. The van der Waals surface area contributed by atoms with Crippen LogP contribution in [0.25, 0.3) is 0 Å². The summed E-state index contributed by atoms with van der Waals surface area (Å²) in [6, 6.07) is 9.13. The molecule has 2 aromatic rings. The quantitative estimate of drug-likeness (QED) is 0.639. The summed E-state index contributed by atoms with van der Waals surface area (Å²) in [6.07, 6.45) is 1.47. The number of aromatic carboxylic acids is 1. The van der Waals surface area contributed by atoms with Crippen LogP contribution in [0.2, 0.25) is 0 Å². The van der Waals surface area contributed by atoms with Gasteiger partial charge in [0.1, 0.15) is 5.69 Å². The van der Waals surface area contributed by atoms with Crippen LogP contribution in [0.5, 0.6) is 0 Å². The van der Waals surface area contributed by atoms with Gasteiger partial charge in [-0.25, -0.2) is 9.78 Å². The minimum Gasteiger partial charge on any atom is -0.477 e. The van der Waals surface area contributed by atoms with E-state index in [4.69, 9.17) is 5.11 Å². The average Bonchev–Trinajstić information content (AvgIpc) is 2.46. The molecule has 0 aliphatic carbocycles. The minimum atomic E-state index is -1.07. The van der Waals surface area contributed by atoms with Crippen LogP contribution in [0.3, 0.4) is 0 Å². The van der Waals surface area contributed by atoms with E-state index in [9.17, 15) is 14.9 Å². The van der Waals surface area contributed by atoms with E-state index in [0.29, 0.717) is 6.54 Å². The lowest BCUT2D eigenvalue weighted by atomic mass is 10.2. The van der Waals surface area contributed by atoms with E-state index in [-0.39, 0.29) is 11.4 Å². The third kappa shape index (κ3) is 3.29. The highest BCUT2D eigenvalue weighted by Gasteiger charge is 2.05. The van der Waals surface area contributed by atoms with Crippen molar-refractivity contribution in [3.63, 3.8) is 0 Å². The van der Waals surface area contributed by atoms with E-state index in [1.165, 1.54) is 24.4 Å². The van der Waals surface area contributed by atoms with Crippen molar-refractivity contribution in [1.29, 1.82) is 0 Å². The molecule has 7 heteroatoms. The Labute approximate surface area is 114 Å². The lowest BCUT2D eigenvalue weighted by Crippen LogP contribution is -2.03. The third-order valence-corrected chi connectivity index (χ3v) is 2.62. The highest BCUT2D eigenvalue weighted by atomic mass is 16.6. The summed E-state index contributed by atoms with van der Waals surface area (Å²) >= 11 is 0. The summed E-state index contributed by atoms with van der Waals surface area (Å²) in [5.41, 5.74) is 1.57. The molecule has 0 radical (unpaired) electrons. The second-order valence-electron chi connectivity index (χ2n) is 4.01. The van der Waals surface area contributed by atoms with Crippen LogP contribution in [0, 0.1) is 10.1 Å². The van der Waals surface area contributed by atoms with Crippen molar-refractivity contribution >= 4 is 17.3 Å². The molecule has 20 heavy (non-hydrogen) atoms. The van der Waals surface area contributed by atoms with Crippen LogP contribution in [-0.2, 0) is 6.54 Å². The first-order valence-electron chi connectivity index (χ1n) is 5.73. The predicted molar refractivity (Wildman–Crippen MR) is 71.6 cm³/mol. The van der Waals surface area contributed by atoms with Gasteiger partial charge in [0, 0.05) is 30.6 Å². The molecule has 2 rings (SSSR count). The van der Waals surface area contributed by atoms with Gasteiger partial charge in [0.2, 0.25) is 0 Å². The molecule has 0 atom stereocenters. The molecule has 2 N–H and O–H groups in total. The number of rotatable bonds is 5. The minimum absolute atomic E-state index is 0.0101. The molecule has 0 bridgehead atoms. The number of pyridine rings is 1. The fourth-order valence-corrected chi connectivity index (χ4v) is 1.56. The van der Waals surface area contributed by atoms with E-state index in [2.05, 4.69) is 10.3 Å². The molecule has 0 spiro atoms. The van der Waals surface area contributed by atoms with Gasteiger partial charge in [0.15, 0.2) is 0 Å². The Morgan fingerprint density at radius 2 is 1.95 bits per heavy atom. The maximum Gasteiger partial charge on any atom is 0.354 e. The number of carbonyl (C=O) groups is 1. The lowest BCUT2D eigenvalue weighted by molar-refractivity contribution is -0.384. The number of aromatic nitrogens is 1. The summed E-state index contributed by atoms with van der Waals surface area (Å²) in [7, 11) is 0. The SMILES string of the molecule is O=C(O)c1ccc(CNc2ccc([N+](=O)[O-])cc2)cn1. The van der Waals surface area contributed by atoms with Crippen molar-refractivity contribution in [2.24, 2.45) is 0 Å². The Morgan fingerprint density at radius 1 is 1.25 bits per heavy atom. The zero-order chi connectivity index (χ0) is 14.5. The van der Waals surface area contributed by atoms with Crippen molar-refractivity contribution in [3.8, 4) is 0 Å². The monoisotopic (exact) mass is 273 g/mol. The maximum atomic E-state index is 10.6. The van der Waals surface area contributed by atoms with Crippen LogP contribution < -0.4 is 5.32 Å². The number of carboxylic acids is 1. The van der Waals surface area contributed by atoms with Gasteiger partial charge in [0.25, 0.3) is 5.69 Å². The molecule has 1 heterocycles. The highest BCUT2D eigenvalue weighted by molar-refractivity contribution is 5.85. The van der Waals surface area contributed by atoms with Crippen molar-refractivity contribution in [1.82, 2.24) is 4.98 Å². The number of carboxylic acid groups (broad SMARTS) is 1. The van der Waals surface area contributed by atoms with Gasteiger partial charge in [-0.15, -0.1) is 0 Å². The van der Waals surface area contributed by atoms with Crippen LogP contribution in [0.4, 0.5) is 11.4 Å². The molecule has 1 aromatic carbocycles. The van der Waals surface area contributed by atoms with Gasteiger partial charge in [-0.05, 0) is 23.8 Å². The molecule has 1 aromatic heterocycles. The third-order valence-electron chi connectivity index (χ3n) is 2.62. The second kappa shape index (κ2) is 5.79. The molecule has 0 fully saturated rings. The van der Waals surface area contributed by atoms with E-state index in [0.717, 1.165) is 11.3 Å². The van der Waals surface area contributed by atoms with E-state index in [1.807, 2.05) is 0 Å².